The molecule has 2 heterocycles. The number of nitro benzene ring substituents is 1. The molecule has 0 spiro atoms. The number of nitrogens with zero attached hydrogens (tertiary/aromatic N) is 3. The number of thiophene rings is 1. The summed E-state index contributed by atoms with van der Waals surface area (Å²) in [6, 6.07) is 4.34. The number of nitro groups is 1. The van der Waals surface area contributed by atoms with Gasteiger partial charge in [-0.25, -0.2) is 4.79 Å². The Hall–Kier alpha value is -2.39. The van der Waals surface area contributed by atoms with E-state index in [-0.39, 0.29) is 17.7 Å². The first-order valence-electron chi connectivity index (χ1n) is 7.99. The molecule has 0 aliphatic carbocycles. The summed E-state index contributed by atoms with van der Waals surface area (Å²) in [6.07, 6.45) is -0.383. The minimum Gasteiger partial charge on any atom is -0.450 e. The highest BCUT2D eigenvalue weighted by molar-refractivity contribution is 7.21. The fourth-order valence-corrected chi connectivity index (χ4v) is 4.27. The summed E-state index contributed by atoms with van der Waals surface area (Å²) in [7, 11) is 0. The fourth-order valence-electron chi connectivity index (χ4n) is 2.76. The molecule has 1 aliphatic rings. The molecule has 1 aliphatic heterocycles. The molecule has 26 heavy (non-hydrogen) atoms. The number of non-ortho nitro benzene ring substituents is 1. The maximum Gasteiger partial charge on any atom is 0.409 e. The number of carbonyl (C=O) groups is 2. The molecular formula is C16H16ClN3O5S. The molecule has 0 N–H and O–H groups in total. The van der Waals surface area contributed by atoms with Gasteiger partial charge < -0.3 is 14.5 Å². The fraction of sp³-hybridized carbons (Fsp3) is 0.375. The van der Waals surface area contributed by atoms with Crippen molar-refractivity contribution >= 4 is 50.7 Å². The van der Waals surface area contributed by atoms with Crippen LogP contribution in [0.25, 0.3) is 10.1 Å². The van der Waals surface area contributed by atoms with Gasteiger partial charge >= 0.3 is 6.09 Å². The van der Waals surface area contributed by atoms with E-state index < -0.39 is 4.92 Å². The van der Waals surface area contributed by atoms with Crippen LogP contribution < -0.4 is 0 Å². The van der Waals surface area contributed by atoms with Crippen molar-refractivity contribution in [1.82, 2.24) is 9.80 Å². The summed E-state index contributed by atoms with van der Waals surface area (Å²) in [5.74, 6) is -0.234. The van der Waals surface area contributed by atoms with Gasteiger partial charge in [0, 0.05) is 48.4 Å². The lowest BCUT2D eigenvalue weighted by atomic mass is 10.2. The van der Waals surface area contributed by atoms with Crippen molar-refractivity contribution in [2.24, 2.45) is 0 Å². The monoisotopic (exact) mass is 397 g/mol. The predicted molar refractivity (Wildman–Crippen MR) is 98.0 cm³/mol. The Morgan fingerprint density at radius 1 is 1.27 bits per heavy atom. The summed E-state index contributed by atoms with van der Waals surface area (Å²) in [4.78, 5) is 38.5. The van der Waals surface area contributed by atoms with Crippen LogP contribution in [-0.4, -0.2) is 59.5 Å². The van der Waals surface area contributed by atoms with E-state index in [9.17, 15) is 19.7 Å². The molecule has 0 radical (unpaired) electrons. The standard InChI is InChI=1S/C16H16ClN3O5S/c1-2-25-16(22)19-7-5-18(6-8-19)15(21)14-13(17)11-4-3-10(20(23)24)9-12(11)26-14/h3-4,9H,2,5-8H2,1H3. The Labute approximate surface area is 158 Å². The average Bonchev–Trinajstić information content (AvgIpc) is 2.97. The molecule has 2 aromatic rings. The van der Waals surface area contributed by atoms with E-state index in [0.29, 0.717) is 52.8 Å². The van der Waals surface area contributed by atoms with E-state index in [4.69, 9.17) is 16.3 Å². The van der Waals surface area contributed by atoms with Gasteiger partial charge in [-0.3, -0.25) is 14.9 Å². The van der Waals surface area contributed by atoms with Crippen molar-refractivity contribution < 1.29 is 19.2 Å². The molecule has 1 aromatic heterocycles. The number of halogens is 1. The van der Waals surface area contributed by atoms with Gasteiger partial charge in [0.05, 0.1) is 16.6 Å². The van der Waals surface area contributed by atoms with E-state index in [2.05, 4.69) is 0 Å². The Bertz CT molecular complexity index is 876. The Kier molecular flexibility index (Phi) is 5.28. The number of fused-ring (bicyclic) bond motifs is 1. The Balaban J connectivity index is 1.77. The van der Waals surface area contributed by atoms with Crippen molar-refractivity contribution in [3.8, 4) is 0 Å². The first-order chi connectivity index (χ1) is 12.4. The Morgan fingerprint density at radius 3 is 2.54 bits per heavy atom. The van der Waals surface area contributed by atoms with Crippen LogP contribution in [0.15, 0.2) is 18.2 Å². The second-order valence-electron chi connectivity index (χ2n) is 5.66. The first-order valence-corrected chi connectivity index (χ1v) is 9.19. The topological polar surface area (TPSA) is 93.0 Å². The maximum absolute atomic E-state index is 12.8. The summed E-state index contributed by atoms with van der Waals surface area (Å²) >= 11 is 7.47. The third-order valence-electron chi connectivity index (χ3n) is 4.11. The van der Waals surface area contributed by atoms with E-state index in [1.165, 1.54) is 12.1 Å². The van der Waals surface area contributed by atoms with E-state index in [0.717, 1.165) is 11.3 Å². The molecule has 1 saturated heterocycles. The zero-order valence-electron chi connectivity index (χ0n) is 13.9. The van der Waals surface area contributed by atoms with Crippen LogP contribution in [0.1, 0.15) is 16.6 Å². The van der Waals surface area contributed by atoms with Crippen LogP contribution in [-0.2, 0) is 4.74 Å². The van der Waals surface area contributed by atoms with Gasteiger partial charge in [-0.15, -0.1) is 11.3 Å². The van der Waals surface area contributed by atoms with Crippen LogP contribution in [0.5, 0.6) is 0 Å². The smallest absolute Gasteiger partial charge is 0.409 e. The zero-order valence-corrected chi connectivity index (χ0v) is 15.5. The van der Waals surface area contributed by atoms with Gasteiger partial charge in [-0.1, -0.05) is 11.6 Å². The molecule has 0 atom stereocenters. The lowest BCUT2D eigenvalue weighted by Crippen LogP contribution is -2.50. The number of carbonyl (C=O) groups excluding carboxylic acids is 2. The number of hydrogen-bond donors (Lipinski definition) is 0. The number of ether oxygens (including phenoxy) is 1. The molecule has 8 nitrogen and oxygen atoms in total. The third kappa shape index (κ3) is 3.45. The zero-order chi connectivity index (χ0) is 18.8. The van der Waals surface area contributed by atoms with Crippen molar-refractivity contribution in [3.63, 3.8) is 0 Å². The van der Waals surface area contributed by atoms with Crippen LogP contribution in [0.3, 0.4) is 0 Å². The minimum atomic E-state index is -0.483. The molecule has 3 rings (SSSR count). The van der Waals surface area contributed by atoms with E-state index >= 15 is 0 Å². The summed E-state index contributed by atoms with van der Waals surface area (Å²) < 4.78 is 5.56. The van der Waals surface area contributed by atoms with Crippen molar-refractivity contribution in [1.29, 1.82) is 0 Å². The Morgan fingerprint density at radius 2 is 1.92 bits per heavy atom. The molecule has 1 aromatic carbocycles. The maximum atomic E-state index is 12.8. The summed E-state index contributed by atoms with van der Waals surface area (Å²) in [6.45, 7) is 3.58. The van der Waals surface area contributed by atoms with Gasteiger partial charge in [-0.2, -0.15) is 0 Å². The van der Waals surface area contributed by atoms with Gasteiger partial charge in [0.2, 0.25) is 0 Å². The average molecular weight is 398 g/mol. The van der Waals surface area contributed by atoms with E-state index in [1.54, 1.807) is 22.8 Å². The molecule has 0 bridgehead atoms. The number of hydrogen-bond acceptors (Lipinski definition) is 6. The first kappa shape index (κ1) is 18.4. The second-order valence-corrected chi connectivity index (χ2v) is 7.09. The quantitative estimate of drug-likeness (QED) is 0.584. The normalized spacial score (nSPS) is 14.5. The highest BCUT2D eigenvalue weighted by atomic mass is 35.5. The van der Waals surface area contributed by atoms with Gasteiger partial charge in [0.1, 0.15) is 4.88 Å². The van der Waals surface area contributed by atoms with Crippen molar-refractivity contribution in [3.05, 3.63) is 38.2 Å². The summed E-state index contributed by atoms with van der Waals surface area (Å²) in [5, 5.41) is 11.8. The van der Waals surface area contributed by atoms with Gasteiger partial charge in [0.15, 0.2) is 0 Å². The molecule has 0 saturated carbocycles. The SMILES string of the molecule is CCOC(=O)N1CCN(C(=O)c2sc3cc([N+](=O)[O-])ccc3c2Cl)CC1. The predicted octanol–water partition coefficient (Wildman–Crippen LogP) is 3.38. The largest absolute Gasteiger partial charge is 0.450 e. The lowest BCUT2D eigenvalue weighted by Gasteiger charge is -2.33. The van der Waals surface area contributed by atoms with Crippen LogP contribution >= 0.6 is 22.9 Å². The third-order valence-corrected chi connectivity index (χ3v) is 5.76. The summed E-state index contributed by atoms with van der Waals surface area (Å²) in [5.41, 5.74) is -0.0440. The van der Waals surface area contributed by atoms with Crippen molar-refractivity contribution in [2.45, 2.75) is 6.92 Å². The number of piperazine rings is 1. The molecule has 2 amide bonds. The molecule has 138 valence electrons. The van der Waals surface area contributed by atoms with E-state index in [1.807, 2.05) is 0 Å². The number of amides is 2. The van der Waals surface area contributed by atoms with Gasteiger partial charge in [0.25, 0.3) is 11.6 Å². The van der Waals surface area contributed by atoms with Crippen LogP contribution in [0.2, 0.25) is 5.02 Å². The van der Waals surface area contributed by atoms with Gasteiger partial charge in [-0.05, 0) is 13.0 Å². The molecular weight excluding hydrogens is 382 g/mol. The molecule has 10 heteroatoms. The lowest BCUT2D eigenvalue weighted by molar-refractivity contribution is -0.384. The number of rotatable bonds is 3. The van der Waals surface area contributed by atoms with Crippen molar-refractivity contribution in [2.75, 3.05) is 32.8 Å². The molecule has 0 unspecified atom stereocenters. The number of benzene rings is 1. The highest BCUT2D eigenvalue weighted by Crippen LogP contribution is 2.38. The van der Waals surface area contributed by atoms with Crippen LogP contribution in [0.4, 0.5) is 10.5 Å². The minimum absolute atomic E-state index is 0.0440. The second kappa shape index (κ2) is 7.46. The van der Waals surface area contributed by atoms with Crippen LogP contribution in [0, 0.1) is 10.1 Å². The highest BCUT2D eigenvalue weighted by Gasteiger charge is 2.28. The molecule has 1 fully saturated rings.